The molecule has 0 saturated heterocycles. The van der Waals surface area contributed by atoms with Gasteiger partial charge in [-0.15, -0.1) is 11.8 Å². The molecular weight excluding hydrogens is 304 g/mol. The molecule has 23 heavy (non-hydrogen) atoms. The minimum absolute atomic E-state index is 0.0642. The molecule has 2 nitrogen and oxygen atoms in total. The van der Waals surface area contributed by atoms with Gasteiger partial charge in [-0.3, -0.25) is 4.79 Å². The van der Waals surface area contributed by atoms with Crippen LogP contribution in [0.15, 0.2) is 29.2 Å². The molecule has 0 spiro atoms. The largest absolute Gasteiger partial charge is 0.465 e. The van der Waals surface area contributed by atoms with Gasteiger partial charge < -0.3 is 4.74 Å². The molecule has 1 atom stereocenters. The number of hydrogen-bond acceptors (Lipinski definition) is 3. The first-order chi connectivity index (χ1) is 11.2. The molecule has 130 valence electrons. The maximum Gasteiger partial charge on any atom is 0.319 e. The Bertz CT molecular complexity index is 428. The second kappa shape index (κ2) is 12.5. The van der Waals surface area contributed by atoms with E-state index in [1.807, 2.05) is 6.92 Å². The van der Waals surface area contributed by atoms with Gasteiger partial charge in [-0.2, -0.15) is 0 Å². The van der Waals surface area contributed by atoms with Crippen molar-refractivity contribution in [3.63, 3.8) is 0 Å². The third-order valence-electron chi connectivity index (χ3n) is 3.86. The molecule has 0 saturated carbocycles. The van der Waals surface area contributed by atoms with Gasteiger partial charge in [0.1, 0.15) is 5.25 Å². The lowest BCUT2D eigenvalue weighted by molar-refractivity contribution is -0.142. The lowest BCUT2D eigenvalue weighted by Crippen LogP contribution is -2.20. The van der Waals surface area contributed by atoms with Crippen molar-refractivity contribution in [3.8, 4) is 0 Å². The second-order valence-corrected chi connectivity index (χ2v) is 7.23. The fourth-order valence-electron chi connectivity index (χ4n) is 2.58. The van der Waals surface area contributed by atoms with Gasteiger partial charge in [0.2, 0.25) is 0 Å². The predicted molar refractivity (Wildman–Crippen MR) is 100 cm³/mol. The molecule has 0 fully saturated rings. The van der Waals surface area contributed by atoms with Crippen molar-refractivity contribution in [2.45, 2.75) is 82.3 Å². The van der Waals surface area contributed by atoms with Gasteiger partial charge in [0.05, 0.1) is 6.61 Å². The summed E-state index contributed by atoms with van der Waals surface area (Å²) in [4.78, 5) is 13.4. The zero-order valence-electron chi connectivity index (χ0n) is 15.0. The predicted octanol–water partition coefficient (Wildman–Crippen LogP) is 6.02. The quantitative estimate of drug-likeness (QED) is 0.265. The molecule has 0 aliphatic rings. The molecule has 0 aliphatic heterocycles. The average molecular weight is 337 g/mol. The number of thioether (sulfide) groups is 1. The number of carbonyl (C=O) groups is 1. The minimum atomic E-state index is -0.0754. The highest BCUT2D eigenvalue weighted by Crippen LogP contribution is 2.28. The molecule has 1 rings (SSSR count). The van der Waals surface area contributed by atoms with E-state index >= 15 is 0 Å². The smallest absolute Gasteiger partial charge is 0.319 e. The zero-order chi connectivity index (χ0) is 16.9. The minimum Gasteiger partial charge on any atom is -0.465 e. The summed E-state index contributed by atoms with van der Waals surface area (Å²) in [7, 11) is 0. The number of carbonyl (C=O) groups excluding carboxylic acids is 1. The van der Waals surface area contributed by atoms with Crippen molar-refractivity contribution in [1.82, 2.24) is 0 Å². The third-order valence-corrected chi connectivity index (χ3v) is 5.12. The fourth-order valence-corrected chi connectivity index (χ4v) is 3.65. The Kier molecular flexibility index (Phi) is 10.9. The Labute approximate surface area is 146 Å². The summed E-state index contributed by atoms with van der Waals surface area (Å²) >= 11 is 1.65. The summed E-state index contributed by atoms with van der Waals surface area (Å²) in [5.41, 5.74) is 1.36. The van der Waals surface area contributed by atoms with Crippen LogP contribution in [0.5, 0.6) is 0 Å². The SMILES string of the molecule is CCCCCCCC(Sc1ccc(CCC)cc1)C(=O)OCC. The Hall–Kier alpha value is -0.960. The van der Waals surface area contributed by atoms with E-state index in [9.17, 15) is 4.79 Å². The molecule has 1 unspecified atom stereocenters. The molecule has 3 heteroatoms. The number of esters is 1. The molecule has 0 bridgehead atoms. The van der Waals surface area contributed by atoms with Gasteiger partial charge in [0.15, 0.2) is 0 Å². The summed E-state index contributed by atoms with van der Waals surface area (Å²) in [5, 5.41) is -0.0754. The molecular formula is C20H32O2S. The van der Waals surface area contributed by atoms with E-state index in [0.29, 0.717) is 6.61 Å². The van der Waals surface area contributed by atoms with E-state index in [1.54, 1.807) is 11.8 Å². The van der Waals surface area contributed by atoms with Gasteiger partial charge in [-0.25, -0.2) is 0 Å². The van der Waals surface area contributed by atoms with Crippen molar-refractivity contribution >= 4 is 17.7 Å². The van der Waals surface area contributed by atoms with Crippen molar-refractivity contribution in [3.05, 3.63) is 29.8 Å². The third kappa shape index (κ3) is 8.45. The standard InChI is InChI=1S/C20H32O2S/c1-4-7-8-9-10-12-19(20(21)22-6-3)23-18-15-13-17(11-5-2)14-16-18/h13-16,19H,4-12H2,1-3H3. The van der Waals surface area contributed by atoms with Crippen molar-refractivity contribution in [2.75, 3.05) is 6.61 Å². The van der Waals surface area contributed by atoms with Crippen LogP contribution in [0.1, 0.15) is 71.3 Å². The van der Waals surface area contributed by atoms with E-state index in [0.717, 1.165) is 30.6 Å². The van der Waals surface area contributed by atoms with Crippen LogP contribution < -0.4 is 0 Å². The molecule has 0 heterocycles. The maximum absolute atomic E-state index is 12.2. The van der Waals surface area contributed by atoms with Gasteiger partial charge in [0, 0.05) is 4.90 Å². The van der Waals surface area contributed by atoms with Crippen LogP contribution in [-0.4, -0.2) is 17.8 Å². The molecule has 1 aromatic carbocycles. The highest BCUT2D eigenvalue weighted by atomic mass is 32.2. The highest BCUT2D eigenvalue weighted by Gasteiger charge is 2.20. The van der Waals surface area contributed by atoms with Crippen molar-refractivity contribution < 1.29 is 9.53 Å². The van der Waals surface area contributed by atoms with E-state index in [4.69, 9.17) is 4.74 Å². The summed E-state index contributed by atoms with van der Waals surface area (Å²) in [6.45, 7) is 6.75. The first-order valence-corrected chi connectivity index (χ1v) is 10.0. The molecule has 0 N–H and O–H groups in total. The van der Waals surface area contributed by atoms with Gasteiger partial charge in [0.25, 0.3) is 0 Å². The molecule has 0 aromatic heterocycles. The van der Waals surface area contributed by atoms with Crippen molar-refractivity contribution in [2.24, 2.45) is 0 Å². The van der Waals surface area contributed by atoms with Gasteiger partial charge in [-0.05, 0) is 37.5 Å². The lowest BCUT2D eigenvalue weighted by atomic mass is 10.1. The Balaban J connectivity index is 2.55. The normalized spacial score (nSPS) is 12.1. The number of rotatable bonds is 12. The van der Waals surface area contributed by atoms with Crippen LogP contribution in [0.2, 0.25) is 0 Å². The molecule has 0 amide bonds. The van der Waals surface area contributed by atoms with Crippen molar-refractivity contribution in [1.29, 1.82) is 0 Å². The van der Waals surface area contributed by atoms with E-state index < -0.39 is 0 Å². The van der Waals surface area contributed by atoms with Crippen LogP contribution in [-0.2, 0) is 16.0 Å². The first kappa shape index (κ1) is 20.1. The van der Waals surface area contributed by atoms with Crippen LogP contribution in [0.25, 0.3) is 0 Å². The number of ether oxygens (including phenoxy) is 1. The second-order valence-electron chi connectivity index (χ2n) is 5.96. The Morgan fingerprint density at radius 2 is 1.70 bits per heavy atom. The monoisotopic (exact) mass is 336 g/mol. The number of aryl methyl sites for hydroxylation is 1. The summed E-state index contributed by atoms with van der Waals surface area (Å²) in [5.74, 6) is -0.0642. The number of unbranched alkanes of at least 4 members (excludes halogenated alkanes) is 4. The van der Waals surface area contributed by atoms with Gasteiger partial charge in [-0.1, -0.05) is 64.5 Å². The average Bonchev–Trinajstić information content (AvgIpc) is 2.55. The molecule has 0 radical (unpaired) electrons. The Morgan fingerprint density at radius 3 is 2.30 bits per heavy atom. The Morgan fingerprint density at radius 1 is 1.00 bits per heavy atom. The summed E-state index contributed by atoms with van der Waals surface area (Å²) in [6.07, 6.45) is 9.30. The lowest BCUT2D eigenvalue weighted by Gasteiger charge is -2.15. The zero-order valence-corrected chi connectivity index (χ0v) is 15.8. The molecule has 1 aromatic rings. The molecule has 0 aliphatic carbocycles. The van der Waals surface area contributed by atoms with Crippen LogP contribution in [0.3, 0.4) is 0 Å². The van der Waals surface area contributed by atoms with Crippen LogP contribution in [0, 0.1) is 0 Å². The summed E-state index contributed by atoms with van der Waals surface area (Å²) in [6, 6.07) is 8.63. The number of benzene rings is 1. The van der Waals surface area contributed by atoms with Crippen LogP contribution >= 0.6 is 11.8 Å². The van der Waals surface area contributed by atoms with E-state index in [1.165, 1.54) is 31.2 Å². The van der Waals surface area contributed by atoms with Crippen LogP contribution in [0.4, 0.5) is 0 Å². The summed E-state index contributed by atoms with van der Waals surface area (Å²) < 4.78 is 5.26. The first-order valence-electron chi connectivity index (χ1n) is 9.13. The van der Waals surface area contributed by atoms with E-state index in [2.05, 4.69) is 38.1 Å². The van der Waals surface area contributed by atoms with Gasteiger partial charge >= 0.3 is 5.97 Å². The fraction of sp³-hybridized carbons (Fsp3) is 0.650. The highest BCUT2D eigenvalue weighted by molar-refractivity contribution is 8.00. The number of hydrogen-bond donors (Lipinski definition) is 0. The van der Waals surface area contributed by atoms with E-state index in [-0.39, 0.29) is 11.2 Å². The maximum atomic E-state index is 12.2. The topological polar surface area (TPSA) is 26.3 Å².